The minimum atomic E-state index is 0.757. The number of furan rings is 1. The Morgan fingerprint density at radius 3 is 2.78 bits per heavy atom. The molecule has 1 aromatic heterocycles. The van der Waals surface area contributed by atoms with Crippen LogP contribution < -0.4 is 5.32 Å². The highest BCUT2D eigenvalue weighted by Gasteiger charge is 2.20. The summed E-state index contributed by atoms with van der Waals surface area (Å²) in [5, 5.41) is 3.32. The molecule has 1 aliphatic rings. The average Bonchev–Trinajstić information content (AvgIpc) is 2.96. The van der Waals surface area contributed by atoms with Gasteiger partial charge in [0.2, 0.25) is 0 Å². The summed E-state index contributed by atoms with van der Waals surface area (Å²) < 4.78 is 5.94. The summed E-state index contributed by atoms with van der Waals surface area (Å²) in [5.74, 6) is 2.20. The van der Waals surface area contributed by atoms with Crippen LogP contribution in [0.1, 0.15) is 49.7 Å². The number of rotatable bonds is 6. The van der Waals surface area contributed by atoms with Gasteiger partial charge < -0.3 is 9.73 Å². The second-order valence-corrected chi connectivity index (χ2v) is 5.45. The van der Waals surface area contributed by atoms with E-state index in [1.54, 1.807) is 0 Å². The first-order valence-corrected chi connectivity index (χ1v) is 7.20. The molecule has 1 N–H and O–H groups in total. The van der Waals surface area contributed by atoms with E-state index in [0.717, 1.165) is 37.2 Å². The molecule has 0 saturated heterocycles. The molecule has 18 heavy (non-hydrogen) atoms. The molecule has 0 aromatic carbocycles. The van der Waals surface area contributed by atoms with E-state index in [0.29, 0.717) is 0 Å². The minimum Gasteiger partial charge on any atom is -0.463 e. The molecule has 102 valence electrons. The highest BCUT2D eigenvalue weighted by atomic mass is 16.3. The molecule has 0 amide bonds. The Balaban J connectivity index is 1.92. The first kappa shape index (κ1) is 13.6. The first-order valence-electron chi connectivity index (χ1n) is 7.20. The van der Waals surface area contributed by atoms with Crippen molar-refractivity contribution in [3.05, 3.63) is 23.2 Å². The molecular formula is C15H26N2O. The Kier molecular flexibility index (Phi) is 4.84. The minimum absolute atomic E-state index is 0.757. The van der Waals surface area contributed by atoms with Gasteiger partial charge in [0.15, 0.2) is 0 Å². The summed E-state index contributed by atoms with van der Waals surface area (Å²) in [6, 6.07) is 2.95. The maximum absolute atomic E-state index is 5.94. The quantitative estimate of drug-likeness (QED) is 0.841. The van der Waals surface area contributed by atoms with Crippen molar-refractivity contribution in [1.82, 2.24) is 10.2 Å². The topological polar surface area (TPSA) is 28.4 Å². The predicted octanol–water partition coefficient (Wildman–Crippen LogP) is 3.07. The fourth-order valence-electron chi connectivity index (χ4n) is 2.80. The first-order chi connectivity index (χ1) is 8.70. The third kappa shape index (κ3) is 3.36. The summed E-state index contributed by atoms with van der Waals surface area (Å²) in [7, 11) is 2.22. The standard InChI is InChI=1S/C15H26N2O/c1-4-16-10-15-12(2)9-14(18-15)11-17(3)13-7-5-6-8-13/h9,13,16H,4-8,10-11H2,1-3H3. The molecule has 0 spiro atoms. The number of aryl methyl sites for hydroxylation is 1. The zero-order valence-electron chi connectivity index (χ0n) is 12.0. The predicted molar refractivity (Wildman–Crippen MR) is 74.5 cm³/mol. The Hall–Kier alpha value is -0.800. The van der Waals surface area contributed by atoms with Gasteiger partial charge in [-0.2, -0.15) is 0 Å². The molecule has 1 aromatic rings. The van der Waals surface area contributed by atoms with Crippen molar-refractivity contribution < 1.29 is 4.42 Å². The second-order valence-electron chi connectivity index (χ2n) is 5.45. The Morgan fingerprint density at radius 2 is 2.11 bits per heavy atom. The van der Waals surface area contributed by atoms with E-state index < -0.39 is 0 Å². The maximum atomic E-state index is 5.94. The van der Waals surface area contributed by atoms with Gasteiger partial charge in [0, 0.05) is 6.04 Å². The van der Waals surface area contributed by atoms with Crippen molar-refractivity contribution >= 4 is 0 Å². The summed E-state index contributed by atoms with van der Waals surface area (Å²) in [5.41, 5.74) is 1.27. The summed E-state index contributed by atoms with van der Waals surface area (Å²) in [6.07, 6.45) is 5.47. The molecule has 0 unspecified atom stereocenters. The van der Waals surface area contributed by atoms with Gasteiger partial charge in [-0.15, -0.1) is 0 Å². The van der Waals surface area contributed by atoms with Crippen molar-refractivity contribution in [2.24, 2.45) is 0 Å². The largest absolute Gasteiger partial charge is 0.463 e. The molecule has 0 aliphatic heterocycles. The summed E-state index contributed by atoms with van der Waals surface area (Å²) in [6.45, 7) is 7.02. The fourth-order valence-corrected chi connectivity index (χ4v) is 2.80. The van der Waals surface area contributed by atoms with Crippen LogP contribution in [0, 0.1) is 6.92 Å². The van der Waals surface area contributed by atoms with E-state index >= 15 is 0 Å². The zero-order valence-corrected chi connectivity index (χ0v) is 12.0. The highest BCUT2D eigenvalue weighted by molar-refractivity contribution is 5.20. The Bertz CT molecular complexity index is 367. The molecule has 0 bridgehead atoms. The molecule has 2 rings (SSSR count). The van der Waals surface area contributed by atoms with Gasteiger partial charge in [-0.1, -0.05) is 19.8 Å². The van der Waals surface area contributed by atoms with Crippen molar-refractivity contribution in [3.63, 3.8) is 0 Å². The van der Waals surface area contributed by atoms with Crippen LogP contribution in [0.2, 0.25) is 0 Å². The van der Waals surface area contributed by atoms with Crippen LogP contribution >= 0.6 is 0 Å². The number of hydrogen-bond acceptors (Lipinski definition) is 3. The van der Waals surface area contributed by atoms with E-state index in [-0.39, 0.29) is 0 Å². The van der Waals surface area contributed by atoms with Crippen LogP contribution in [0.4, 0.5) is 0 Å². The van der Waals surface area contributed by atoms with Crippen LogP contribution in [0.25, 0.3) is 0 Å². The second kappa shape index (κ2) is 6.39. The van der Waals surface area contributed by atoms with E-state index in [2.05, 4.69) is 37.2 Å². The molecule has 3 nitrogen and oxygen atoms in total. The average molecular weight is 250 g/mol. The molecule has 0 atom stereocenters. The lowest BCUT2D eigenvalue weighted by molar-refractivity contribution is 0.217. The number of hydrogen-bond donors (Lipinski definition) is 1. The van der Waals surface area contributed by atoms with Crippen LogP contribution in [-0.4, -0.2) is 24.5 Å². The monoisotopic (exact) mass is 250 g/mol. The lowest BCUT2D eigenvalue weighted by Gasteiger charge is -2.22. The van der Waals surface area contributed by atoms with Gasteiger partial charge in [0.25, 0.3) is 0 Å². The van der Waals surface area contributed by atoms with Gasteiger partial charge in [0.05, 0.1) is 13.1 Å². The normalized spacial score (nSPS) is 16.9. The van der Waals surface area contributed by atoms with E-state index in [9.17, 15) is 0 Å². The van der Waals surface area contributed by atoms with Crippen LogP contribution in [-0.2, 0) is 13.1 Å². The maximum Gasteiger partial charge on any atom is 0.120 e. The van der Waals surface area contributed by atoms with E-state index in [4.69, 9.17) is 4.42 Å². The third-order valence-corrected chi connectivity index (χ3v) is 3.96. The third-order valence-electron chi connectivity index (χ3n) is 3.96. The molecule has 3 heteroatoms. The van der Waals surface area contributed by atoms with Gasteiger partial charge in [-0.25, -0.2) is 0 Å². The van der Waals surface area contributed by atoms with Crippen molar-refractivity contribution in [1.29, 1.82) is 0 Å². The Morgan fingerprint density at radius 1 is 1.39 bits per heavy atom. The zero-order chi connectivity index (χ0) is 13.0. The van der Waals surface area contributed by atoms with Crippen LogP contribution in [0.3, 0.4) is 0 Å². The van der Waals surface area contributed by atoms with Gasteiger partial charge in [0.1, 0.15) is 11.5 Å². The van der Waals surface area contributed by atoms with E-state index in [1.165, 1.54) is 31.2 Å². The molecule has 1 saturated carbocycles. The molecule has 0 radical (unpaired) electrons. The Labute approximate surface area is 111 Å². The van der Waals surface area contributed by atoms with Gasteiger partial charge >= 0.3 is 0 Å². The van der Waals surface area contributed by atoms with E-state index in [1.807, 2.05) is 0 Å². The van der Waals surface area contributed by atoms with Gasteiger partial charge in [-0.3, -0.25) is 4.90 Å². The molecule has 1 aliphatic carbocycles. The molecule has 1 heterocycles. The van der Waals surface area contributed by atoms with Crippen molar-refractivity contribution in [2.75, 3.05) is 13.6 Å². The summed E-state index contributed by atoms with van der Waals surface area (Å²) >= 11 is 0. The highest BCUT2D eigenvalue weighted by Crippen LogP contribution is 2.24. The lowest BCUT2D eigenvalue weighted by Crippen LogP contribution is -2.28. The molecule has 1 fully saturated rings. The SMILES string of the molecule is CCNCc1oc(CN(C)C2CCCC2)cc1C. The summed E-state index contributed by atoms with van der Waals surface area (Å²) in [4.78, 5) is 2.45. The fraction of sp³-hybridized carbons (Fsp3) is 0.733. The van der Waals surface area contributed by atoms with Gasteiger partial charge in [-0.05, 0) is 45.0 Å². The van der Waals surface area contributed by atoms with Crippen molar-refractivity contribution in [3.8, 4) is 0 Å². The van der Waals surface area contributed by atoms with Crippen LogP contribution in [0.5, 0.6) is 0 Å². The smallest absolute Gasteiger partial charge is 0.120 e. The molecular weight excluding hydrogens is 224 g/mol. The number of nitrogens with zero attached hydrogens (tertiary/aromatic N) is 1. The van der Waals surface area contributed by atoms with Crippen molar-refractivity contribution in [2.45, 2.75) is 58.7 Å². The number of nitrogens with one attached hydrogen (secondary N) is 1. The van der Waals surface area contributed by atoms with Crippen LogP contribution in [0.15, 0.2) is 10.5 Å². The lowest BCUT2D eigenvalue weighted by atomic mass is 10.2.